The van der Waals surface area contributed by atoms with Crippen LogP contribution in [-0.2, 0) is 4.84 Å². The molecule has 1 unspecified atom stereocenters. The van der Waals surface area contributed by atoms with E-state index >= 15 is 0 Å². The highest BCUT2D eigenvalue weighted by atomic mass is 19.1. The molecule has 0 amide bonds. The highest BCUT2D eigenvalue weighted by molar-refractivity contribution is 5.90. The summed E-state index contributed by atoms with van der Waals surface area (Å²) >= 11 is 0. The summed E-state index contributed by atoms with van der Waals surface area (Å²) in [6, 6.07) is 8.34. The molecule has 0 aliphatic carbocycles. The van der Waals surface area contributed by atoms with Crippen LogP contribution in [-0.4, -0.2) is 30.0 Å². The number of carboxylic acids is 1. The quantitative estimate of drug-likeness (QED) is 0.608. The zero-order chi connectivity index (χ0) is 21.0. The Morgan fingerprint density at radius 3 is 2.97 bits per heavy atom. The summed E-state index contributed by atoms with van der Waals surface area (Å²) in [5.74, 6) is -2.14. The maximum Gasteiger partial charge on any atom is 0.351 e. The van der Waals surface area contributed by atoms with Gasteiger partial charge in [0.1, 0.15) is 17.4 Å². The Morgan fingerprint density at radius 2 is 2.17 bits per heavy atom. The minimum Gasteiger partial charge on any atom is -0.478 e. The van der Waals surface area contributed by atoms with Crippen LogP contribution in [0.15, 0.2) is 46.7 Å². The van der Waals surface area contributed by atoms with Gasteiger partial charge >= 0.3 is 11.9 Å². The Labute approximate surface area is 170 Å². The molecular formula is C20H18FN5O4. The number of aromatic carboxylic acids is 1. The second kappa shape index (κ2) is 6.36. The van der Waals surface area contributed by atoms with E-state index in [1.807, 2.05) is 30.0 Å². The highest BCUT2D eigenvalue weighted by Crippen LogP contribution is 2.42. The van der Waals surface area contributed by atoms with Crippen LogP contribution >= 0.6 is 0 Å². The Balaban J connectivity index is 1.58. The second-order valence-corrected chi connectivity index (χ2v) is 7.17. The van der Waals surface area contributed by atoms with Crippen molar-refractivity contribution >= 4 is 29.2 Å². The predicted molar refractivity (Wildman–Crippen MR) is 108 cm³/mol. The first-order valence-electron chi connectivity index (χ1n) is 9.21. The van der Waals surface area contributed by atoms with Crippen LogP contribution in [0.2, 0.25) is 0 Å². The van der Waals surface area contributed by atoms with Crippen molar-refractivity contribution in [2.24, 2.45) is 4.99 Å². The molecule has 0 aromatic heterocycles. The van der Waals surface area contributed by atoms with E-state index in [9.17, 15) is 14.3 Å². The van der Waals surface area contributed by atoms with Crippen molar-refractivity contribution in [3.63, 3.8) is 0 Å². The fourth-order valence-corrected chi connectivity index (χ4v) is 3.66. The molecule has 30 heavy (non-hydrogen) atoms. The summed E-state index contributed by atoms with van der Waals surface area (Å²) in [4.78, 5) is 23.6. The number of nitrogens with zero attached hydrogens (tertiary/aromatic N) is 2. The number of fused-ring (bicyclic) bond motifs is 3. The maximum atomic E-state index is 14.2. The number of carboxylic acid groups (broad SMARTS) is 1. The summed E-state index contributed by atoms with van der Waals surface area (Å²) in [5, 5.41) is 15.6. The first-order valence-corrected chi connectivity index (χ1v) is 9.21. The van der Waals surface area contributed by atoms with Gasteiger partial charge in [-0.15, -0.1) is 0 Å². The summed E-state index contributed by atoms with van der Waals surface area (Å²) in [7, 11) is 0. The Bertz CT molecular complexity index is 1150. The van der Waals surface area contributed by atoms with Gasteiger partial charge in [0.2, 0.25) is 0 Å². The summed E-state index contributed by atoms with van der Waals surface area (Å²) in [6.07, 6.45) is 1.65. The van der Waals surface area contributed by atoms with Gasteiger partial charge in [0.05, 0.1) is 16.9 Å². The van der Waals surface area contributed by atoms with Crippen LogP contribution < -0.4 is 25.8 Å². The lowest BCUT2D eigenvalue weighted by atomic mass is 10.1. The molecule has 2 bridgehead atoms. The lowest BCUT2D eigenvalue weighted by Gasteiger charge is -2.36. The fourth-order valence-electron chi connectivity index (χ4n) is 3.66. The number of hydrogen-bond acceptors (Lipinski definition) is 8. The molecule has 3 heterocycles. The SMILES string of the molecule is CC1=C2NOC(Nc3cc(C)c(F)c(C(=O)O)c3)(N=C1)N2c1ccc2c(c1)NCO2. The van der Waals surface area contributed by atoms with Gasteiger partial charge in [-0.1, -0.05) is 0 Å². The lowest BCUT2D eigenvalue weighted by molar-refractivity contribution is -0.0214. The van der Waals surface area contributed by atoms with E-state index in [2.05, 4.69) is 21.1 Å². The number of rotatable bonds is 4. The number of hydroxylamine groups is 1. The molecule has 0 spiro atoms. The van der Waals surface area contributed by atoms with Crippen molar-refractivity contribution in [1.82, 2.24) is 5.48 Å². The van der Waals surface area contributed by atoms with Gasteiger partial charge < -0.3 is 20.5 Å². The molecule has 3 aliphatic rings. The number of anilines is 3. The molecule has 4 N–H and O–H groups in total. The third-order valence-electron chi connectivity index (χ3n) is 5.13. The number of nitrogens with one attached hydrogen (secondary N) is 3. The number of aryl methyl sites for hydroxylation is 1. The van der Waals surface area contributed by atoms with Crippen LogP contribution in [0.25, 0.3) is 0 Å². The molecule has 2 aromatic rings. The van der Waals surface area contributed by atoms with E-state index in [1.54, 1.807) is 6.21 Å². The number of allylic oxidation sites excluding steroid dienone is 1. The fraction of sp³-hybridized carbons (Fsp3) is 0.200. The van der Waals surface area contributed by atoms with Crippen molar-refractivity contribution < 1.29 is 23.9 Å². The van der Waals surface area contributed by atoms with Crippen LogP contribution in [0.4, 0.5) is 21.5 Å². The molecule has 1 fully saturated rings. The topological polar surface area (TPSA) is 107 Å². The summed E-state index contributed by atoms with van der Waals surface area (Å²) in [6.45, 7) is 3.78. The van der Waals surface area contributed by atoms with Crippen molar-refractivity contribution in [2.45, 2.75) is 19.8 Å². The molecule has 0 radical (unpaired) electrons. The largest absolute Gasteiger partial charge is 0.478 e. The van der Waals surface area contributed by atoms with Gasteiger partial charge in [-0.2, -0.15) is 0 Å². The average molecular weight is 411 g/mol. The Kier molecular flexibility index (Phi) is 3.87. The van der Waals surface area contributed by atoms with Gasteiger partial charge in [-0.3, -0.25) is 4.90 Å². The minimum atomic E-state index is -1.43. The summed E-state index contributed by atoms with van der Waals surface area (Å²) < 4.78 is 19.7. The van der Waals surface area contributed by atoms with Crippen molar-refractivity contribution in [3.8, 4) is 5.75 Å². The van der Waals surface area contributed by atoms with Crippen molar-refractivity contribution in [2.75, 3.05) is 22.3 Å². The van der Waals surface area contributed by atoms with E-state index in [-0.39, 0.29) is 5.56 Å². The first kappa shape index (κ1) is 18.3. The Hall–Kier alpha value is -3.79. The number of benzene rings is 2. The van der Waals surface area contributed by atoms with E-state index in [0.29, 0.717) is 18.2 Å². The first-order chi connectivity index (χ1) is 14.4. The summed E-state index contributed by atoms with van der Waals surface area (Å²) in [5.41, 5.74) is 5.42. The molecule has 3 aliphatic heterocycles. The second-order valence-electron chi connectivity index (χ2n) is 7.17. The van der Waals surface area contributed by atoms with Crippen LogP contribution in [0.3, 0.4) is 0 Å². The lowest BCUT2D eigenvalue weighted by Crippen LogP contribution is -2.51. The molecule has 10 heteroatoms. The molecule has 2 aromatic carbocycles. The number of halogens is 1. The number of aliphatic imine (C=N–C) groups is 1. The monoisotopic (exact) mass is 411 g/mol. The third-order valence-corrected chi connectivity index (χ3v) is 5.13. The van der Waals surface area contributed by atoms with Crippen molar-refractivity contribution in [3.05, 3.63) is 58.7 Å². The molecule has 154 valence electrons. The van der Waals surface area contributed by atoms with E-state index in [1.165, 1.54) is 19.1 Å². The van der Waals surface area contributed by atoms with E-state index in [0.717, 1.165) is 22.7 Å². The normalized spacial score (nSPS) is 21.1. The minimum absolute atomic E-state index is 0.192. The average Bonchev–Trinajstić information content (AvgIpc) is 3.29. The van der Waals surface area contributed by atoms with Gasteiger partial charge in [0.15, 0.2) is 6.73 Å². The van der Waals surface area contributed by atoms with Crippen LogP contribution in [0.1, 0.15) is 22.8 Å². The molecular weight excluding hydrogens is 393 g/mol. The standard InChI is InChI=1S/C20H18FN5O4/c1-10-5-12(6-14(17(10)21)19(27)28)24-20-23-8-11(2)18(25-30-20)26(20)13-3-4-16-15(7-13)22-9-29-16/h3-8,22,24-25H,9H2,1-2H3,(H,27,28). The van der Waals surface area contributed by atoms with Gasteiger partial charge in [-0.05, 0) is 49.7 Å². The number of carbonyl (C=O) groups is 1. The van der Waals surface area contributed by atoms with E-state index in [4.69, 9.17) is 9.57 Å². The zero-order valence-electron chi connectivity index (χ0n) is 16.1. The zero-order valence-corrected chi connectivity index (χ0v) is 16.1. The van der Waals surface area contributed by atoms with Gasteiger partial charge in [-0.25, -0.2) is 24.5 Å². The number of hydrogen-bond donors (Lipinski definition) is 4. The van der Waals surface area contributed by atoms with Crippen molar-refractivity contribution in [1.29, 1.82) is 0 Å². The van der Waals surface area contributed by atoms with Gasteiger partial charge in [0, 0.05) is 17.5 Å². The Morgan fingerprint density at radius 1 is 1.33 bits per heavy atom. The third kappa shape index (κ3) is 2.65. The molecule has 1 saturated heterocycles. The maximum absolute atomic E-state index is 14.2. The predicted octanol–water partition coefficient (Wildman–Crippen LogP) is 2.97. The van der Waals surface area contributed by atoms with Crippen LogP contribution in [0, 0.1) is 12.7 Å². The van der Waals surface area contributed by atoms with Crippen LogP contribution in [0.5, 0.6) is 5.75 Å². The molecule has 0 saturated carbocycles. The smallest absolute Gasteiger partial charge is 0.351 e. The highest BCUT2D eigenvalue weighted by Gasteiger charge is 2.49. The molecule has 5 rings (SSSR count). The van der Waals surface area contributed by atoms with Gasteiger partial charge in [0.25, 0.3) is 0 Å². The molecule has 9 nitrogen and oxygen atoms in total. The van der Waals surface area contributed by atoms with E-state index < -0.39 is 23.3 Å². The number of ether oxygens (including phenoxy) is 1. The molecule has 1 atom stereocenters.